The van der Waals surface area contributed by atoms with E-state index in [9.17, 15) is 27.6 Å². The lowest BCUT2D eigenvalue weighted by molar-refractivity contribution is -0.145. The molecular weight excluding hydrogens is 761 g/mol. The molecule has 57 heavy (non-hydrogen) atoms. The van der Waals surface area contributed by atoms with Gasteiger partial charge in [0.15, 0.2) is 5.75 Å². The summed E-state index contributed by atoms with van der Waals surface area (Å²) in [5, 5.41) is 5.83. The number of nitrogens with zero attached hydrogens (tertiary/aromatic N) is 2. The highest BCUT2D eigenvalue weighted by Gasteiger charge is 2.62. The summed E-state index contributed by atoms with van der Waals surface area (Å²) in [4.78, 5) is 62.6. The largest absolute Gasteiger partial charge is 0.483 e. The minimum Gasteiger partial charge on any atom is -0.483 e. The van der Waals surface area contributed by atoms with E-state index in [1.165, 1.54) is 4.90 Å². The topological polar surface area (TPSA) is 173 Å². The zero-order valence-electron chi connectivity index (χ0n) is 32.4. The molecule has 16 heteroatoms. The highest BCUT2D eigenvalue weighted by molar-refractivity contribution is 7.91. The third-order valence-electron chi connectivity index (χ3n) is 13.2. The van der Waals surface area contributed by atoms with Crippen molar-refractivity contribution in [3.8, 4) is 5.75 Å². The van der Waals surface area contributed by atoms with Crippen molar-refractivity contribution in [3.05, 3.63) is 47.7 Å². The van der Waals surface area contributed by atoms with Gasteiger partial charge in [0.25, 0.3) is 11.8 Å². The van der Waals surface area contributed by atoms with Crippen LogP contribution in [-0.4, -0.2) is 82.7 Å². The Labute approximate surface area is 331 Å². The number of pyridine rings is 1. The maximum absolute atomic E-state index is 16.7. The lowest BCUT2D eigenvalue weighted by Gasteiger charge is -2.48. The molecule has 1 spiro atoms. The number of hydrogen-bond acceptors (Lipinski definition) is 9. The van der Waals surface area contributed by atoms with E-state index in [0.29, 0.717) is 56.9 Å². The van der Waals surface area contributed by atoms with Crippen molar-refractivity contribution >= 4 is 44.7 Å². The number of rotatable bonds is 5. The standard InChI is InChI=1S/C41H51F2N5O8S/c1-25-33-32(28-15-10-11-16-29(28)44-25)41(42,43)23-39(56-33)22-31-34(49)46-40(36(51)47-57(53,54)38(2)20-21-38)19-18-26(40)12-6-4-3-5-7-17-30(35(50)48(31)24-39)45-37(52)55-27-13-8-9-14-27/h6,10-12,15-16,26-27,30-31H,3-5,7-9,13-14,17-24H2,1-2H3,(H,45,52)(H,46,49)(H,47,51)/b12-6-/t26-,30+,31+,39+,40-/m1/s1. The second-order valence-corrected chi connectivity index (χ2v) is 19.5. The van der Waals surface area contributed by atoms with Crippen LogP contribution in [0.15, 0.2) is 36.4 Å². The van der Waals surface area contributed by atoms with Gasteiger partial charge >= 0.3 is 6.09 Å². The number of alkyl carbamates (subject to hydrolysis) is 1. The van der Waals surface area contributed by atoms with E-state index in [4.69, 9.17) is 9.47 Å². The van der Waals surface area contributed by atoms with Crippen molar-refractivity contribution in [2.24, 2.45) is 5.92 Å². The van der Waals surface area contributed by atoms with Gasteiger partial charge in [-0.2, -0.15) is 0 Å². The number of allylic oxidation sites excluding steroid dienone is 1. The summed E-state index contributed by atoms with van der Waals surface area (Å²) in [5.74, 6) is -6.48. The number of carbonyl (C=O) groups is 4. The first-order chi connectivity index (χ1) is 27.1. The van der Waals surface area contributed by atoms with Gasteiger partial charge < -0.3 is 25.0 Å². The summed E-state index contributed by atoms with van der Waals surface area (Å²) in [6.45, 7) is 2.71. The number of ether oxygens (including phenoxy) is 2. The van der Waals surface area contributed by atoms with Crippen LogP contribution in [0.2, 0.25) is 0 Å². The quantitative estimate of drug-likeness (QED) is 0.326. The Bertz CT molecular complexity index is 2120. The smallest absolute Gasteiger partial charge is 0.408 e. The van der Waals surface area contributed by atoms with Crippen LogP contribution in [-0.2, 0) is 35.1 Å². The summed E-state index contributed by atoms with van der Waals surface area (Å²) < 4.78 is 73.3. The number of amides is 4. The maximum atomic E-state index is 16.7. The molecule has 5 atom stereocenters. The predicted octanol–water partition coefficient (Wildman–Crippen LogP) is 5.58. The Morgan fingerprint density at radius 1 is 1.02 bits per heavy atom. The fraction of sp³-hybridized carbons (Fsp3) is 0.634. The van der Waals surface area contributed by atoms with E-state index in [0.717, 1.165) is 19.3 Å². The van der Waals surface area contributed by atoms with Gasteiger partial charge in [-0.05, 0) is 90.5 Å². The van der Waals surface area contributed by atoms with E-state index in [1.807, 2.05) is 12.2 Å². The normalized spacial score (nSPS) is 31.6. The number of aromatic nitrogens is 1. The van der Waals surface area contributed by atoms with Crippen molar-refractivity contribution in [1.82, 2.24) is 25.2 Å². The van der Waals surface area contributed by atoms with Crippen molar-refractivity contribution in [2.75, 3.05) is 6.54 Å². The Morgan fingerprint density at radius 3 is 2.47 bits per heavy atom. The van der Waals surface area contributed by atoms with Crippen LogP contribution in [0.1, 0.15) is 114 Å². The minimum absolute atomic E-state index is 0.116. The maximum Gasteiger partial charge on any atom is 0.408 e. The molecule has 0 unspecified atom stereocenters. The summed E-state index contributed by atoms with van der Waals surface area (Å²) in [5.41, 5.74) is -3.15. The average Bonchev–Trinajstić information content (AvgIpc) is 3.53. The van der Waals surface area contributed by atoms with Gasteiger partial charge in [-0.1, -0.05) is 43.2 Å². The molecule has 8 rings (SSSR count). The molecule has 1 aromatic carbocycles. The Hall–Kier alpha value is -4.34. The molecule has 308 valence electrons. The van der Waals surface area contributed by atoms with Gasteiger partial charge in [0.2, 0.25) is 21.8 Å². The molecule has 3 aliphatic carbocycles. The molecule has 0 bridgehead atoms. The molecule has 1 saturated heterocycles. The zero-order valence-corrected chi connectivity index (χ0v) is 33.2. The van der Waals surface area contributed by atoms with Crippen LogP contribution >= 0.6 is 0 Å². The molecule has 6 aliphatic rings. The molecule has 3 saturated carbocycles. The molecule has 2 aromatic rings. The number of benzene rings is 1. The van der Waals surface area contributed by atoms with Crippen LogP contribution < -0.4 is 20.1 Å². The van der Waals surface area contributed by atoms with Gasteiger partial charge in [0, 0.05) is 17.7 Å². The second kappa shape index (κ2) is 14.5. The number of fused-ring (bicyclic) bond motifs is 5. The lowest BCUT2D eigenvalue weighted by atomic mass is 9.65. The third kappa shape index (κ3) is 7.24. The molecule has 13 nitrogen and oxygen atoms in total. The summed E-state index contributed by atoms with van der Waals surface area (Å²) >= 11 is 0. The Morgan fingerprint density at radius 2 is 1.75 bits per heavy atom. The van der Waals surface area contributed by atoms with Gasteiger partial charge in [0.1, 0.15) is 29.3 Å². The number of carbonyl (C=O) groups excluding carboxylic acids is 4. The van der Waals surface area contributed by atoms with Crippen LogP contribution in [0.3, 0.4) is 0 Å². The second-order valence-electron chi connectivity index (χ2n) is 17.3. The molecule has 3 aliphatic heterocycles. The van der Waals surface area contributed by atoms with Gasteiger partial charge in [-0.3, -0.25) is 19.1 Å². The zero-order chi connectivity index (χ0) is 40.4. The molecule has 0 radical (unpaired) electrons. The van der Waals surface area contributed by atoms with Crippen molar-refractivity contribution in [2.45, 2.75) is 150 Å². The van der Waals surface area contributed by atoms with E-state index in [1.54, 1.807) is 38.1 Å². The molecule has 4 fully saturated rings. The van der Waals surface area contributed by atoms with Crippen molar-refractivity contribution in [1.29, 1.82) is 0 Å². The number of halogens is 2. The van der Waals surface area contributed by atoms with Gasteiger partial charge in [-0.15, -0.1) is 0 Å². The number of nitrogens with one attached hydrogen (secondary N) is 3. The van der Waals surface area contributed by atoms with Crippen LogP contribution in [0, 0.1) is 12.8 Å². The highest BCUT2D eigenvalue weighted by Crippen LogP contribution is 2.54. The SMILES string of the molecule is Cc1nc2ccccc2c2c1O[C@@]1(C[C@H]3C(=O)N[C@]4(C(=O)NS(=O)(=O)C5(C)CC5)CC[C@H]4/C=C\CCCCC[C@H](NC(=O)OC4CCCC4)C(=O)N3C1)CC2(F)F. The van der Waals surface area contributed by atoms with E-state index >= 15 is 8.78 Å². The molecule has 1 aromatic heterocycles. The van der Waals surface area contributed by atoms with Gasteiger partial charge in [-0.25, -0.2) is 27.0 Å². The molecule has 4 heterocycles. The van der Waals surface area contributed by atoms with Crippen LogP contribution in [0.5, 0.6) is 5.75 Å². The fourth-order valence-corrected chi connectivity index (χ4v) is 10.8. The number of hydrogen-bond donors (Lipinski definition) is 3. The van der Waals surface area contributed by atoms with Gasteiger partial charge in [0.05, 0.1) is 34.5 Å². The summed E-state index contributed by atoms with van der Waals surface area (Å²) in [7, 11) is -4.08. The molecule has 4 amide bonds. The van der Waals surface area contributed by atoms with Crippen LogP contribution in [0.25, 0.3) is 10.9 Å². The number of para-hydroxylation sites is 1. The van der Waals surface area contributed by atoms with Crippen molar-refractivity contribution < 1.29 is 45.9 Å². The first-order valence-electron chi connectivity index (χ1n) is 20.4. The number of alkyl halides is 2. The lowest BCUT2D eigenvalue weighted by Crippen LogP contribution is -2.70. The first-order valence-corrected chi connectivity index (χ1v) is 21.8. The monoisotopic (exact) mass is 811 g/mol. The summed E-state index contributed by atoms with van der Waals surface area (Å²) in [6.07, 6.45) is 8.95. The fourth-order valence-electron chi connectivity index (χ4n) is 9.44. The van der Waals surface area contributed by atoms with E-state index < -0.39 is 86.6 Å². The predicted molar refractivity (Wildman–Crippen MR) is 205 cm³/mol. The van der Waals surface area contributed by atoms with E-state index in [2.05, 4.69) is 20.3 Å². The summed E-state index contributed by atoms with van der Waals surface area (Å²) in [6, 6.07) is 4.00. The Kier molecular flexibility index (Phi) is 10.0. The van der Waals surface area contributed by atoms with Crippen molar-refractivity contribution in [3.63, 3.8) is 0 Å². The van der Waals surface area contributed by atoms with Crippen LogP contribution in [0.4, 0.5) is 13.6 Å². The Balaban J connectivity index is 1.16. The third-order valence-corrected chi connectivity index (χ3v) is 15.4. The van der Waals surface area contributed by atoms with E-state index in [-0.39, 0.29) is 47.8 Å². The molecule has 3 N–H and O–H groups in total. The number of aryl methyl sites for hydroxylation is 1. The molecular formula is C41H51F2N5O8S. The minimum atomic E-state index is -4.08. The highest BCUT2D eigenvalue weighted by atomic mass is 32.2. The average molecular weight is 812 g/mol. The number of sulfonamides is 1. The first kappa shape index (κ1) is 39.5.